The van der Waals surface area contributed by atoms with Gasteiger partial charge in [0.25, 0.3) is 5.91 Å². The van der Waals surface area contributed by atoms with Crippen LogP contribution in [0.5, 0.6) is 11.5 Å². The number of amidine groups is 1. The van der Waals surface area contributed by atoms with Gasteiger partial charge in [-0.2, -0.15) is 0 Å². The third-order valence-corrected chi connectivity index (χ3v) is 2.94. The van der Waals surface area contributed by atoms with E-state index in [1.807, 2.05) is 13.8 Å². The van der Waals surface area contributed by atoms with Crippen LogP contribution in [-0.2, 0) is 0 Å². The fourth-order valence-corrected chi connectivity index (χ4v) is 1.79. The zero-order valence-electron chi connectivity index (χ0n) is 12.7. The van der Waals surface area contributed by atoms with Gasteiger partial charge in [-0.25, -0.2) is 0 Å². The Balaban J connectivity index is 3.14. The molecule has 0 saturated carbocycles. The van der Waals surface area contributed by atoms with Crippen molar-refractivity contribution < 1.29 is 19.5 Å². The molecule has 21 heavy (non-hydrogen) atoms. The Morgan fingerprint density at radius 3 is 2.19 bits per heavy atom. The van der Waals surface area contributed by atoms with Crippen molar-refractivity contribution in [3.63, 3.8) is 0 Å². The summed E-state index contributed by atoms with van der Waals surface area (Å²) in [4.78, 5) is 14.1. The minimum Gasteiger partial charge on any atom is -0.497 e. The number of oxime groups is 1. The van der Waals surface area contributed by atoms with Crippen LogP contribution in [0.3, 0.4) is 0 Å². The number of rotatable bonds is 6. The van der Waals surface area contributed by atoms with Gasteiger partial charge in [0.2, 0.25) is 0 Å². The summed E-state index contributed by atoms with van der Waals surface area (Å²) in [6.07, 6.45) is 0. The molecular formula is C14H21N3O4. The maximum Gasteiger partial charge on any atom is 0.254 e. The number of amides is 1. The Hall–Kier alpha value is -2.44. The quantitative estimate of drug-likeness (QED) is 0.357. The number of benzene rings is 1. The summed E-state index contributed by atoms with van der Waals surface area (Å²) >= 11 is 0. The van der Waals surface area contributed by atoms with Crippen LogP contribution in [0.25, 0.3) is 0 Å². The van der Waals surface area contributed by atoms with E-state index in [9.17, 15) is 4.79 Å². The van der Waals surface area contributed by atoms with E-state index < -0.39 is 0 Å². The number of carbonyl (C=O) groups excluding carboxylic acids is 1. The van der Waals surface area contributed by atoms with Crippen molar-refractivity contribution in [2.45, 2.75) is 19.9 Å². The maximum absolute atomic E-state index is 12.6. The number of hydrogen-bond acceptors (Lipinski definition) is 5. The van der Waals surface area contributed by atoms with Gasteiger partial charge in [0, 0.05) is 17.7 Å². The van der Waals surface area contributed by atoms with E-state index in [1.54, 1.807) is 18.2 Å². The Labute approximate surface area is 123 Å². The monoisotopic (exact) mass is 295 g/mol. The predicted octanol–water partition coefficient (Wildman–Crippen LogP) is 1.30. The summed E-state index contributed by atoms with van der Waals surface area (Å²) in [6.45, 7) is 3.73. The van der Waals surface area contributed by atoms with Gasteiger partial charge < -0.3 is 25.3 Å². The number of methoxy groups -OCH3 is 2. The number of carbonyl (C=O) groups is 1. The standard InChI is InChI=1S/C14H21N3O4/c1-9(2)17(8-13(15)16-19)14(18)10-5-11(20-3)7-12(6-10)21-4/h5-7,9,19H,8H2,1-4H3,(H2,15,16). The molecule has 7 heteroatoms. The van der Waals surface area contributed by atoms with Crippen molar-refractivity contribution in [1.29, 1.82) is 0 Å². The minimum atomic E-state index is -0.256. The SMILES string of the molecule is COc1cc(OC)cc(C(=O)N(CC(N)=NO)C(C)C)c1. The lowest BCUT2D eigenvalue weighted by molar-refractivity contribution is 0.0733. The lowest BCUT2D eigenvalue weighted by Gasteiger charge is -2.26. The molecule has 116 valence electrons. The second kappa shape index (κ2) is 7.37. The summed E-state index contributed by atoms with van der Waals surface area (Å²) < 4.78 is 10.3. The molecule has 0 unspecified atom stereocenters. The van der Waals surface area contributed by atoms with E-state index in [-0.39, 0.29) is 24.3 Å². The van der Waals surface area contributed by atoms with Crippen molar-refractivity contribution in [3.05, 3.63) is 23.8 Å². The van der Waals surface area contributed by atoms with Crippen molar-refractivity contribution in [2.24, 2.45) is 10.9 Å². The Morgan fingerprint density at radius 2 is 1.81 bits per heavy atom. The van der Waals surface area contributed by atoms with Crippen molar-refractivity contribution in [2.75, 3.05) is 20.8 Å². The van der Waals surface area contributed by atoms with Gasteiger partial charge in [-0.05, 0) is 26.0 Å². The molecule has 1 amide bonds. The lowest BCUT2D eigenvalue weighted by Crippen LogP contribution is -2.42. The molecule has 1 rings (SSSR count). The smallest absolute Gasteiger partial charge is 0.254 e. The number of nitrogens with zero attached hydrogens (tertiary/aromatic N) is 2. The first-order chi connectivity index (χ1) is 9.92. The molecule has 3 N–H and O–H groups in total. The third kappa shape index (κ3) is 4.27. The van der Waals surface area contributed by atoms with Gasteiger partial charge in [0.1, 0.15) is 11.5 Å². The van der Waals surface area contributed by atoms with E-state index in [0.717, 1.165) is 0 Å². The summed E-state index contributed by atoms with van der Waals surface area (Å²) in [5, 5.41) is 11.6. The topological polar surface area (TPSA) is 97.4 Å². The molecule has 0 heterocycles. The molecule has 0 radical (unpaired) electrons. The molecule has 1 aromatic rings. The average Bonchev–Trinajstić information content (AvgIpc) is 2.50. The van der Waals surface area contributed by atoms with Crippen LogP contribution in [0.2, 0.25) is 0 Å². The molecular weight excluding hydrogens is 274 g/mol. The molecule has 0 fully saturated rings. The van der Waals surface area contributed by atoms with Gasteiger partial charge in [-0.3, -0.25) is 4.79 Å². The highest BCUT2D eigenvalue weighted by Gasteiger charge is 2.21. The zero-order valence-corrected chi connectivity index (χ0v) is 12.7. The molecule has 0 aliphatic carbocycles. The normalized spacial score (nSPS) is 11.4. The molecule has 0 bridgehead atoms. The van der Waals surface area contributed by atoms with Crippen LogP contribution in [0.4, 0.5) is 0 Å². The Kier molecular flexibility index (Phi) is 5.83. The lowest BCUT2D eigenvalue weighted by atomic mass is 10.1. The van der Waals surface area contributed by atoms with Gasteiger partial charge in [0.15, 0.2) is 5.84 Å². The fraction of sp³-hybridized carbons (Fsp3) is 0.429. The van der Waals surface area contributed by atoms with Gasteiger partial charge in [-0.15, -0.1) is 0 Å². The van der Waals surface area contributed by atoms with Gasteiger partial charge in [0.05, 0.1) is 20.8 Å². The van der Waals surface area contributed by atoms with Crippen molar-refractivity contribution >= 4 is 11.7 Å². The van der Waals surface area contributed by atoms with Gasteiger partial charge >= 0.3 is 0 Å². The van der Waals surface area contributed by atoms with Gasteiger partial charge in [-0.1, -0.05) is 5.16 Å². The third-order valence-electron chi connectivity index (χ3n) is 2.94. The van der Waals surface area contributed by atoms with Crippen LogP contribution < -0.4 is 15.2 Å². The highest BCUT2D eigenvalue weighted by atomic mass is 16.5. The molecule has 7 nitrogen and oxygen atoms in total. The summed E-state index contributed by atoms with van der Waals surface area (Å²) in [6, 6.07) is 4.80. The summed E-state index contributed by atoms with van der Waals surface area (Å²) in [5.41, 5.74) is 5.90. The predicted molar refractivity (Wildman–Crippen MR) is 79.1 cm³/mol. The summed E-state index contributed by atoms with van der Waals surface area (Å²) in [7, 11) is 3.03. The van der Waals surface area contributed by atoms with Crippen LogP contribution in [0, 0.1) is 0 Å². The first-order valence-corrected chi connectivity index (χ1v) is 6.43. The Bertz CT molecular complexity index is 507. The Morgan fingerprint density at radius 1 is 1.29 bits per heavy atom. The van der Waals surface area contributed by atoms with Crippen LogP contribution >= 0.6 is 0 Å². The van der Waals surface area contributed by atoms with E-state index in [4.69, 9.17) is 20.4 Å². The number of nitrogens with two attached hydrogens (primary N) is 1. The van der Waals surface area contributed by atoms with E-state index >= 15 is 0 Å². The van der Waals surface area contributed by atoms with E-state index in [1.165, 1.54) is 19.1 Å². The molecule has 0 atom stereocenters. The maximum atomic E-state index is 12.6. The minimum absolute atomic E-state index is 0.0343. The molecule has 0 aliphatic heterocycles. The molecule has 1 aromatic carbocycles. The second-order valence-electron chi connectivity index (χ2n) is 4.72. The first-order valence-electron chi connectivity index (χ1n) is 6.43. The van der Waals surface area contributed by atoms with Crippen LogP contribution in [-0.4, -0.2) is 48.7 Å². The molecule has 0 aromatic heterocycles. The largest absolute Gasteiger partial charge is 0.497 e. The van der Waals surface area contributed by atoms with Crippen molar-refractivity contribution in [3.8, 4) is 11.5 Å². The number of hydrogen-bond donors (Lipinski definition) is 2. The summed E-state index contributed by atoms with van der Waals surface area (Å²) in [5.74, 6) is 0.746. The highest BCUT2D eigenvalue weighted by Crippen LogP contribution is 2.23. The van der Waals surface area contributed by atoms with Crippen LogP contribution in [0.1, 0.15) is 24.2 Å². The highest BCUT2D eigenvalue weighted by molar-refractivity contribution is 5.97. The molecule has 0 aliphatic rings. The average molecular weight is 295 g/mol. The van der Waals surface area contributed by atoms with Crippen molar-refractivity contribution in [1.82, 2.24) is 4.90 Å². The van der Waals surface area contributed by atoms with Crippen LogP contribution in [0.15, 0.2) is 23.4 Å². The molecule has 0 spiro atoms. The fourth-order valence-electron chi connectivity index (χ4n) is 1.79. The number of ether oxygens (including phenoxy) is 2. The zero-order chi connectivity index (χ0) is 16.0. The second-order valence-corrected chi connectivity index (χ2v) is 4.72. The first kappa shape index (κ1) is 16.6. The molecule has 0 saturated heterocycles. The van der Waals surface area contributed by atoms with E-state index in [2.05, 4.69) is 5.16 Å². The van der Waals surface area contributed by atoms with E-state index in [0.29, 0.717) is 17.1 Å².